The Bertz CT molecular complexity index is 696. The van der Waals surface area contributed by atoms with Gasteiger partial charge in [-0.15, -0.1) is 0 Å². The summed E-state index contributed by atoms with van der Waals surface area (Å²) >= 11 is 0. The molecule has 0 amide bonds. The van der Waals surface area contributed by atoms with E-state index in [0.29, 0.717) is 12.2 Å². The molecule has 0 spiro atoms. The van der Waals surface area contributed by atoms with Crippen molar-refractivity contribution < 1.29 is 14.6 Å². The summed E-state index contributed by atoms with van der Waals surface area (Å²) in [5.41, 5.74) is 5.86. The van der Waals surface area contributed by atoms with Crippen LogP contribution in [0.2, 0.25) is 0 Å². The number of phenolic OH excluding ortho intramolecular Hbond substituents is 1. The van der Waals surface area contributed by atoms with Crippen LogP contribution >= 0.6 is 0 Å². The standard InChI is InChI=1S/C17H18N2O3/c1-21-12-5-3-11(4-6-12)15-10-16(19-18-15)14-9-13(22-2)7-8-17(14)20/h3-9,16,19-20H,10H2,1-2H3. The topological polar surface area (TPSA) is 63.1 Å². The summed E-state index contributed by atoms with van der Waals surface area (Å²) in [6.07, 6.45) is 0.701. The van der Waals surface area contributed by atoms with Crippen LogP contribution in [0.1, 0.15) is 23.6 Å². The normalized spacial score (nSPS) is 16.8. The molecule has 5 nitrogen and oxygen atoms in total. The Labute approximate surface area is 129 Å². The Morgan fingerprint density at radius 3 is 2.41 bits per heavy atom. The van der Waals surface area contributed by atoms with Crippen LogP contribution in [0.15, 0.2) is 47.6 Å². The lowest BCUT2D eigenvalue weighted by atomic mass is 9.98. The molecule has 0 saturated heterocycles. The third-order valence-corrected chi connectivity index (χ3v) is 3.79. The van der Waals surface area contributed by atoms with E-state index in [-0.39, 0.29) is 11.8 Å². The molecule has 5 heteroatoms. The molecule has 1 aliphatic heterocycles. The second-order valence-corrected chi connectivity index (χ2v) is 5.10. The van der Waals surface area contributed by atoms with Gasteiger partial charge < -0.3 is 20.0 Å². The molecule has 0 aliphatic carbocycles. The average molecular weight is 298 g/mol. The van der Waals surface area contributed by atoms with Crippen molar-refractivity contribution in [2.75, 3.05) is 14.2 Å². The first-order chi connectivity index (χ1) is 10.7. The summed E-state index contributed by atoms with van der Waals surface area (Å²) in [4.78, 5) is 0. The van der Waals surface area contributed by atoms with E-state index >= 15 is 0 Å². The van der Waals surface area contributed by atoms with E-state index in [9.17, 15) is 5.11 Å². The molecule has 0 radical (unpaired) electrons. The maximum Gasteiger partial charge on any atom is 0.121 e. The molecule has 1 unspecified atom stereocenters. The summed E-state index contributed by atoms with van der Waals surface area (Å²) in [6, 6.07) is 12.9. The summed E-state index contributed by atoms with van der Waals surface area (Å²) in [6.45, 7) is 0. The maximum atomic E-state index is 10.1. The molecule has 22 heavy (non-hydrogen) atoms. The first-order valence-corrected chi connectivity index (χ1v) is 7.04. The Morgan fingerprint density at radius 1 is 1.05 bits per heavy atom. The number of nitrogens with one attached hydrogen (secondary N) is 1. The van der Waals surface area contributed by atoms with E-state index in [0.717, 1.165) is 22.6 Å². The lowest BCUT2D eigenvalue weighted by Crippen LogP contribution is -2.10. The Hall–Kier alpha value is -2.69. The van der Waals surface area contributed by atoms with Gasteiger partial charge in [-0.3, -0.25) is 0 Å². The molecule has 2 N–H and O–H groups in total. The van der Waals surface area contributed by atoms with E-state index < -0.39 is 0 Å². The first-order valence-electron chi connectivity index (χ1n) is 7.04. The second kappa shape index (κ2) is 5.97. The molecule has 1 aliphatic rings. The number of nitrogens with zero attached hydrogens (tertiary/aromatic N) is 1. The van der Waals surface area contributed by atoms with Gasteiger partial charge in [-0.05, 0) is 48.0 Å². The number of benzene rings is 2. The lowest BCUT2D eigenvalue weighted by molar-refractivity contribution is 0.408. The molecular formula is C17H18N2O3. The summed E-state index contributed by atoms with van der Waals surface area (Å²) in [5, 5.41) is 14.4. The number of hydrogen-bond donors (Lipinski definition) is 2. The molecule has 0 fully saturated rings. The number of ether oxygens (including phenoxy) is 2. The van der Waals surface area contributed by atoms with Gasteiger partial charge in [0.05, 0.1) is 26.0 Å². The van der Waals surface area contributed by atoms with Crippen LogP contribution < -0.4 is 14.9 Å². The molecular weight excluding hydrogens is 280 g/mol. The highest BCUT2D eigenvalue weighted by molar-refractivity contribution is 6.01. The molecule has 1 heterocycles. The maximum absolute atomic E-state index is 10.1. The Kier molecular flexibility index (Phi) is 3.87. The van der Waals surface area contributed by atoms with Crippen molar-refractivity contribution in [1.29, 1.82) is 0 Å². The minimum Gasteiger partial charge on any atom is -0.508 e. The Balaban J connectivity index is 1.78. The van der Waals surface area contributed by atoms with E-state index in [1.165, 1.54) is 0 Å². The highest BCUT2D eigenvalue weighted by atomic mass is 16.5. The van der Waals surface area contributed by atoms with Gasteiger partial charge in [-0.25, -0.2) is 0 Å². The average Bonchev–Trinajstić information content (AvgIpc) is 3.05. The predicted molar refractivity (Wildman–Crippen MR) is 84.7 cm³/mol. The minimum atomic E-state index is -0.0628. The third-order valence-electron chi connectivity index (χ3n) is 3.79. The molecule has 1 atom stereocenters. The van der Waals surface area contributed by atoms with Crippen molar-refractivity contribution in [3.05, 3.63) is 53.6 Å². The molecule has 3 rings (SSSR count). The fourth-order valence-corrected chi connectivity index (χ4v) is 2.52. The van der Waals surface area contributed by atoms with Crippen LogP contribution in [-0.4, -0.2) is 25.0 Å². The van der Waals surface area contributed by atoms with Crippen molar-refractivity contribution in [3.63, 3.8) is 0 Å². The van der Waals surface area contributed by atoms with Crippen LogP contribution in [-0.2, 0) is 0 Å². The van der Waals surface area contributed by atoms with Crippen molar-refractivity contribution in [2.24, 2.45) is 5.10 Å². The van der Waals surface area contributed by atoms with Gasteiger partial charge >= 0.3 is 0 Å². The zero-order valence-electron chi connectivity index (χ0n) is 12.5. The minimum absolute atomic E-state index is 0.0628. The van der Waals surface area contributed by atoms with E-state index in [4.69, 9.17) is 9.47 Å². The quantitative estimate of drug-likeness (QED) is 0.911. The molecule has 0 aromatic heterocycles. The monoisotopic (exact) mass is 298 g/mol. The number of hydrogen-bond acceptors (Lipinski definition) is 5. The second-order valence-electron chi connectivity index (χ2n) is 5.10. The van der Waals surface area contributed by atoms with E-state index in [1.54, 1.807) is 26.4 Å². The van der Waals surface area contributed by atoms with Gasteiger partial charge in [0.15, 0.2) is 0 Å². The van der Waals surface area contributed by atoms with Crippen LogP contribution in [0.25, 0.3) is 0 Å². The van der Waals surface area contributed by atoms with Crippen molar-refractivity contribution in [3.8, 4) is 17.2 Å². The van der Waals surface area contributed by atoms with Gasteiger partial charge in [0.25, 0.3) is 0 Å². The highest BCUT2D eigenvalue weighted by Gasteiger charge is 2.24. The number of rotatable bonds is 4. The fraction of sp³-hybridized carbons (Fsp3) is 0.235. The van der Waals surface area contributed by atoms with Crippen LogP contribution in [0.4, 0.5) is 0 Å². The van der Waals surface area contributed by atoms with Crippen molar-refractivity contribution in [2.45, 2.75) is 12.5 Å². The lowest BCUT2D eigenvalue weighted by Gasteiger charge is -2.13. The van der Waals surface area contributed by atoms with Crippen LogP contribution in [0.3, 0.4) is 0 Å². The van der Waals surface area contributed by atoms with Crippen LogP contribution in [0, 0.1) is 0 Å². The van der Waals surface area contributed by atoms with Gasteiger partial charge in [0, 0.05) is 12.0 Å². The predicted octanol–water partition coefficient (Wildman–Crippen LogP) is 2.85. The fourth-order valence-electron chi connectivity index (χ4n) is 2.52. The zero-order valence-corrected chi connectivity index (χ0v) is 12.5. The van der Waals surface area contributed by atoms with Gasteiger partial charge in [-0.1, -0.05) is 0 Å². The smallest absolute Gasteiger partial charge is 0.121 e. The zero-order chi connectivity index (χ0) is 15.5. The molecule has 2 aromatic carbocycles. The Morgan fingerprint density at radius 2 is 1.73 bits per heavy atom. The molecule has 0 bridgehead atoms. The summed E-state index contributed by atoms with van der Waals surface area (Å²) in [7, 11) is 3.25. The number of phenols is 1. The number of methoxy groups -OCH3 is 2. The molecule has 2 aromatic rings. The first kappa shape index (κ1) is 14.3. The molecule has 0 saturated carbocycles. The van der Waals surface area contributed by atoms with Crippen molar-refractivity contribution >= 4 is 5.71 Å². The number of hydrazone groups is 1. The number of aromatic hydroxyl groups is 1. The summed E-state index contributed by atoms with van der Waals surface area (Å²) in [5.74, 6) is 1.77. The van der Waals surface area contributed by atoms with Gasteiger partial charge in [0.2, 0.25) is 0 Å². The molecule has 114 valence electrons. The largest absolute Gasteiger partial charge is 0.508 e. The van der Waals surface area contributed by atoms with Crippen molar-refractivity contribution in [1.82, 2.24) is 5.43 Å². The van der Waals surface area contributed by atoms with Gasteiger partial charge in [0.1, 0.15) is 17.2 Å². The highest BCUT2D eigenvalue weighted by Crippen LogP contribution is 2.33. The SMILES string of the molecule is COc1ccc(C2=NNC(c3cc(OC)ccc3O)C2)cc1. The van der Waals surface area contributed by atoms with Crippen LogP contribution in [0.5, 0.6) is 17.2 Å². The third kappa shape index (κ3) is 2.70. The van der Waals surface area contributed by atoms with E-state index in [2.05, 4.69) is 10.5 Å². The summed E-state index contributed by atoms with van der Waals surface area (Å²) < 4.78 is 10.4. The van der Waals surface area contributed by atoms with Gasteiger partial charge in [-0.2, -0.15) is 5.10 Å². The van der Waals surface area contributed by atoms with E-state index in [1.807, 2.05) is 30.3 Å².